The summed E-state index contributed by atoms with van der Waals surface area (Å²) in [6.07, 6.45) is 0. The van der Waals surface area contributed by atoms with Crippen LogP contribution in [0.25, 0.3) is 0 Å². The molecule has 0 aliphatic heterocycles. The maximum Gasteiger partial charge on any atom is 0.387 e. The molecule has 2 rings (SSSR count). The first-order valence-electron chi connectivity index (χ1n) is 6.19. The fourth-order valence-corrected chi connectivity index (χ4v) is 2.56. The Balaban J connectivity index is 2.49. The van der Waals surface area contributed by atoms with Crippen LogP contribution in [0, 0.1) is 0 Å². The van der Waals surface area contributed by atoms with Crippen LogP contribution in [-0.4, -0.2) is 13.7 Å². The number of rotatable bonds is 5. The van der Waals surface area contributed by atoms with Gasteiger partial charge >= 0.3 is 6.61 Å². The van der Waals surface area contributed by atoms with E-state index in [2.05, 4.69) is 10.1 Å². The summed E-state index contributed by atoms with van der Waals surface area (Å²) in [7, 11) is 1.71. The van der Waals surface area contributed by atoms with Gasteiger partial charge in [-0.15, -0.1) is 0 Å². The summed E-state index contributed by atoms with van der Waals surface area (Å²) in [4.78, 5) is 0. The molecule has 1 unspecified atom stereocenters. The predicted octanol–water partition coefficient (Wildman–Crippen LogP) is 4.90. The molecule has 21 heavy (non-hydrogen) atoms. The van der Waals surface area contributed by atoms with Crippen LogP contribution < -0.4 is 10.1 Å². The van der Waals surface area contributed by atoms with Crippen molar-refractivity contribution in [2.75, 3.05) is 7.05 Å². The van der Waals surface area contributed by atoms with Crippen LogP contribution in [0.4, 0.5) is 8.78 Å². The molecule has 0 spiro atoms. The molecule has 0 saturated carbocycles. The molecule has 2 aromatic rings. The molecular formula is C15H13Cl2F2NO. The zero-order valence-electron chi connectivity index (χ0n) is 11.1. The molecule has 1 N–H and O–H groups in total. The number of ether oxygens (including phenoxy) is 1. The van der Waals surface area contributed by atoms with Crippen molar-refractivity contribution in [1.29, 1.82) is 0 Å². The van der Waals surface area contributed by atoms with E-state index >= 15 is 0 Å². The van der Waals surface area contributed by atoms with Crippen LogP contribution in [0.1, 0.15) is 17.2 Å². The Labute approximate surface area is 131 Å². The minimum Gasteiger partial charge on any atom is -0.434 e. The lowest BCUT2D eigenvalue weighted by Gasteiger charge is -2.21. The van der Waals surface area contributed by atoms with Crippen LogP contribution >= 0.6 is 23.2 Å². The highest BCUT2D eigenvalue weighted by Crippen LogP contribution is 2.36. The molecule has 0 aliphatic rings. The topological polar surface area (TPSA) is 21.3 Å². The number of para-hydroxylation sites is 1. The Morgan fingerprint density at radius 1 is 1.00 bits per heavy atom. The van der Waals surface area contributed by atoms with Crippen molar-refractivity contribution >= 4 is 23.2 Å². The van der Waals surface area contributed by atoms with Crippen LogP contribution in [-0.2, 0) is 0 Å². The largest absolute Gasteiger partial charge is 0.434 e. The smallest absolute Gasteiger partial charge is 0.387 e. The SMILES string of the molecule is CNC(c1ccccc1OC(F)F)c1cccc(Cl)c1Cl. The minimum absolute atomic E-state index is 0.0999. The molecule has 0 fully saturated rings. The van der Waals surface area contributed by atoms with Gasteiger partial charge in [-0.25, -0.2) is 0 Å². The molecule has 0 amide bonds. The molecule has 1 atom stereocenters. The minimum atomic E-state index is -2.89. The fraction of sp³-hybridized carbons (Fsp3) is 0.200. The molecule has 0 radical (unpaired) electrons. The molecular weight excluding hydrogens is 319 g/mol. The zero-order chi connectivity index (χ0) is 15.4. The fourth-order valence-electron chi connectivity index (χ4n) is 2.14. The van der Waals surface area contributed by atoms with Gasteiger partial charge in [0.2, 0.25) is 0 Å². The van der Waals surface area contributed by atoms with E-state index in [1.807, 2.05) is 0 Å². The normalized spacial score (nSPS) is 12.5. The van der Waals surface area contributed by atoms with E-state index in [0.717, 1.165) is 0 Å². The van der Waals surface area contributed by atoms with E-state index in [4.69, 9.17) is 23.2 Å². The predicted molar refractivity (Wildman–Crippen MR) is 80.4 cm³/mol. The van der Waals surface area contributed by atoms with E-state index in [9.17, 15) is 8.78 Å². The summed E-state index contributed by atoms with van der Waals surface area (Å²) in [5, 5.41) is 3.83. The first kappa shape index (κ1) is 16.0. The quantitative estimate of drug-likeness (QED) is 0.840. The van der Waals surface area contributed by atoms with Crippen LogP contribution in [0.15, 0.2) is 42.5 Å². The van der Waals surface area contributed by atoms with Crippen molar-refractivity contribution in [2.24, 2.45) is 0 Å². The zero-order valence-corrected chi connectivity index (χ0v) is 12.6. The molecule has 2 nitrogen and oxygen atoms in total. The van der Waals surface area contributed by atoms with Crippen LogP contribution in [0.2, 0.25) is 10.0 Å². The molecule has 2 aromatic carbocycles. The summed E-state index contributed by atoms with van der Waals surface area (Å²) in [6.45, 7) is -2.89. The molecule has 0 bridgehead atoms. The van der Waals surface area contributed by atoms with Gasteiger partial charge in [0.05, 0.1) is 16.1 Å². The third kappa shape index (κ3) is 3.64. The van der Waals surface area contributed by atoms with Crippen molar-refractivity contribution in [3.05, 3.63) is 63.6 Å². The second-order valence-electron chi connectivity index (χ2n) is 4.28. The second kappa shape index (κ2) is 7.07. The number of nitrogens with one attached hydrogen (secondary N) is 1. The van der Waals surface area contributed by atoms with Gasteiger partial charge in [-0.05, 0) is 24.7 Å². The lowest BCUT2D eigenvalue weighted by Crippen LogP contribution is -2.19. The summed E-state index contributed by atoms with van der Waals surface area (Å²) < 4.78 is 29.6. The van der Waals surface area contributed by atoms with Crippen molar-refractivity contribution in [3.63, 3.8) is 0 Å². The molecule has 0 saturated heterocycles. The number of hydrogen-bond donors (Lipinski definition) is 1. The van der Waals surface area contributed by atoms with Crippen molar-refractivity contribution in [2.45, 2.75) is 12.7 Å². The average molecular weight is 332 g/mol. The highest BCUT2D eigenvalue weighted by atomic mass is 35.5. The van der Waals surface area contributed by atoms with Gasteiger partial charge in [0, 0.05) is 5.56 Å². The summed E-state index contributed by atoms with van der Waals surface area (Å²) in [6, 6.07) is 11.4. The Hall–Kier alpha value is -1.36. The average Bonchev–Trinajstić information content (AvgIpc) is 2.45. The standard InChI is InChI=1S/C15H13Cl2F2NO/c1-20-14(10-6-4-7-11(16)13(10)17)9-5-2-3-8-12(9)21-15(18)19/h2-8,14-15,20H,1H3. The van der Waals surface area contributed by atoms with Crippen molar-refractivity contribution < 1.29 is 13.5 Å². The van der Waals surface area contributed by atoms with Gasteiger partial charge in [-0.3, -0.25) is 0 Å². The van der Waals surface area contributed by atoms with Gasteiger partial charge in [0.25, 0.3) is 0 Å². The number of hydrogen-bond acceptors (Lipinski definition) is 2. The summed E-state index contributed by atoms with van der Waals surface area (Å²) in [5.74, 6) is 0.0999. The summed E-state index contributed by atoms with van der Waals surface area (Å²) in [5.41, 5.74) is 1.25. The maximum absolute atomic E-state index is 12.5. The molecule has 6 heteroatoms. The lowest BCUT2D eigenvalue weighted by atomic mass is 9.98. The Bertz CT molecular complexity index is 622. The number of alkyl halides is 2. The highest BCUT2D eigenvalue weighted by molar-refractivity contribution is 6.42. The van der Waals surface area contributed by atoms with E-state index in [1.54, 1.807) is 43.4 Å². The Morgan fingerprint density at radius 2 is 1.67 bits per heavy atom. The van der Waals surface area contributed by atoms with Crippen LogP contribution in [0.5, 0.6) is 5.75 Å². The molecule has 0 aliphatic carbocycles. The van der Waals surface area contributed by atoms with E-state index in [1.165, 1.54) is 6.07 Å². The number of benzene rings is 2. The third-order valence-electron chi connectivity index (χ3n) is 3.03. The monoisotopic (exact) mass is 331 g/mol. The van der Waals surface area contributed by atoms with Gasteiger partial charge in [0.15, 0.2) is 0 Å². The van der Waals surface area contributed by atoms with E-state index in [0.29, 0.717) is 21.2 Å². The van der Waals surface area contributed by atoms with Crippen molar-refractivity contribution in [1.82, 2.24) is 5.32 Å². The van der Waals surface area contributed by atoms with Crippen LogP contribution in [0.3, 0.4) is 0 Å². The molecule has 112 valence electrons. The second-order valence-corrected chi connectivity index (χ2v) is 5.07. The highest BCUT2D eigenvalue weighted by Gasteiger charge is 2.21. The molecule has 0 heterocycles. The lowest BCUT2D eigenvalue weighted by molar-refractivity contribution is -0.0506. The van der Waals surface area contributed by atoms with Gasteiger partial charge in [-0.2, -0.15) is 8.78 Å². The first-order valence-corrected chi connectivity index (χ1v) is 6.95. The van der Waals surface area contributed by atoms with Gasteiger partial charge in [0.1, 0.15) is 5.75 Å². The third-order valence-corrected chi connectivity index (χ3v) is 3.86. The van der Waals surface area contributed by atoms with E-state index < -0.39 is 12.7 Å². The maximum atomic E-state index is 12.5. The number of halogens is 4. The first-order chi connectivity index (χ1) is 10.0. The molecule has 0 aromatic heterocycles. The van der Waals surface area contributed by atoms with Crippen molar-refractivity contribution in [3.8, 4) is 5.75 Å². The van der Waals surface area contributed by atoms with Gasteiger partial charge < -0.3 is 10.1 Å². The summed E-state index contributed by atoms with van der Waals surface area (Å²) >= 11 is 12.2. The van der Waals surface area contributed by atoms with E-state index in [-0.39, 0.29) is 5.75 Å². The Morgan fingerprint density at radius 3 is 2.33 bits per heavy atom. The Kier molecular flexibility index (Phi) is 5.39. The van der Waals surface area contributed by atoms with Gasteiger partial charge in [-0.1, -0.05) is 53.5 Å².